The molecule has 2 atom stereocenters. The third-order valence-corrected chi connectivity index (χ3v) is 4.47. The molecule has 1 heterocycles. The lowest BCUT2D eigenvalue weighted by Crippen LogP contribution is -2.42. The van der Waals surface area contributed by atoms with Crippen LogP contribution in [0.4, 0.5) is 0 Å². The van der Waals surface area contributed by atoms with Gasteiger partial charge in [0, 0.05) is 6.61 Å². The third kappa shape index (κ3) is 2.27. The van der Waals surface area contributed by atoms with Gasteiger partial charge in [0.1, 0.15) is 5.41 Å². The average molecular weight is 260 g/mol. The first-order valence-corrected chi connectivity index (χ1v) is 7.02. The van der Waals surface area contributed by atoms with Crippen LogP contribution in [0.5, 0.6) is 0 Å². The second-order valence-corrected chi connectivity index (χ2v) is 6.01. The van der Waals surface area contributed by atoms with Crippen LogP contribution < -0.4 is 0 Å². The molecule has 2 unspecified atom stereocenters. The Morgan fingerprint density at radius 3 is 2.89 bits per heavy atom. The molecule has 2 aliphatic rings. The topological polar surface area (TPSA) is 46.5 Å². The largest absolute Gasteiger partial charge is 0.481 e. The Labute approximate surface area is 113 Å². The molecule has 3 nitrogen and oxygen atoms in total. The van der Waals surface area contributed by atoms with E-state index in [0.29, 0.717) is 25.4 Å². The smallest absolute Gasteiger partial charge is 0.312 e. The van der Waals surface area contributed by atoms with Gasteiger partial charge in [-0.1, -0.05) is 29.8 Å². The molecule has 1 aliphatic carbocycles. The van der Waals surface area contributed by atoms with Crippen LogP contribution in [0.25, 0.3) is 0 Å². The van der Waals surface area contributed by atoms with Gasteiger partial charge in [-0.25, -0.2) is 0 Å². The normalized spacial score (nSPS) is 30.5. The highest BCUT2D eigenvalue weighted by atomic mass is 16.5. The predicted octanol–water partition coefficient (Wildman–Crippen LogP) is 2.81. The second-order valence-electron chi connectivity index (χ2n) is 6.01. The molecule has 1 aliphatic heterocycles. The fourth-order valence-electron chi connectivity index (χ4n) is 3.34. The molecule has 0 bridgehead atoms. The molecule has 1 saturated carbocycles. The van der Waals surface area contributed by atoms with Crippen molar-refractivity contribution in [3.8, 4) is 0 Å². The van der Waals surface area contributed by atoms with Crippen molar-refractivity contribution in [2.75, 3.05) is 6.61 Å². The molecule has 102 valence electrons. The molecule has 2 fully saturated rings. The SMILES string of the molecule is Cc1cccc(CC2(C(=O)O)CCOC2C2CC2)c1. The van der Waals surface area contributed by atoms with Crippen molar-refractivity contribution < 1.29 is 14.6 Å². The van der Waals surface area contributed by atoms with Crippen molar-refractivity contribution in [3.05, 3.63) is 35.4 Å². The summed E-state index contributed by atoms with van der Waals surface area (Å²) in [5, 5.41) is 9.76. The minimum atomic E-state index is -0.713. The molecule has 0 radical (unpaired) electrons. The van der Waals surface area contributed by atoms with E-state index in [1.807, 2.05) is 25.1 Å². The zero-order chi connectivity index (χ0) is 13.5. The number of carbonyl (C=O) groups is 1. The molecule has 0 aromatic heterocycles. The minimum absolute atomic E-state index is 0.0921. The molecule has 1 saturated heterocycles. The van der Waals surface area contributed by atoms with Crippen LogP contribution in [0.2, 0.25) is 0 Å². The fourth-order valence-corrected chi connectivity index (χ4v) is 3.34. The molecule has 1 N–H and O–H groups in total. The molecule has 3 rings (SSSR count). The van der Waals surface area contributed by atoms with E-state index >= 15 is 0 Å². The van der Waals surface area contributed by atoms with Gasteiger partial charge in [0.25, 0.3) is 0 Å². The van der Waals surface area contributed by atoms with E-state index in [4.69, 9.17) is 4.74 Å². The Balaban J connectivity index is 1.90. The predicted molar refractivity (Wildman–Crippen MR) is 72.0 cm³/mol. The summed E-state index contributed by atoms with van der Waals surface area (Å²) in [6.45, 7) is 2.62. The molecular weight excluding hydrogens is 240 g/mol. The van der Waals surface area contributed by atoms with Crippen LogP contribution in [0.15, 0.2) is 24.3 Å². The molecule has 1 aromatic rings. The van der Waals surface area contributed by atoms with Crippen LogP contribution in [0, 0.1) is 18.3 Å². The van der Waals surface area contributed by atoms with E-state index in [0.717, 1.165) is 18.4 Å². The van der Waals surface area contributed by atoms with Gasteiger partial charge in [0.15, 0.2) is 0 Å². The summed E-state index contributed by atoms with van der Waals surface area (Å²) in [5.41, 5.74) is 1.58. The minimum Gasteiger partial charge on any atom is -0.481 e. The quantitative estimate of drug-likeness (QED) is 0.905. The summed E-state index contributed by atoms with van der Waals surface area (Å²) in [7, 11) is 0. The maximum Gasteiger partial charge on any atom is 0.312 e. The summed E-state index contributed by atoms with van der Waals surface area (Å²) in [6.07, 6.45) is 3.37. The Morgan fingerprint density at radius 2 is 2.26 bits per heavy atom. The van der Waals surface area contributed by atoms with Crippen LogP contribution in [0.1, 0.15) is 30.4 Å². The zero-order valence-electron chi connectivity index (χ0n) is 11.3. The number of benzene rings is 1. The number of ether oxygens (including phenoxy) is 1. The van der Waals surface area contributed by atoms with Crippen molar-refractivity contribution in [2.45, 2.75) is 38.7 Å². The van der Waals surface area contributed by atoms with Gasteiger partial charge >= 0.3 is 5.97 Å². The van der Waals surface area contributed by atoms with Crippen LogP contribution in [0.3, 0.4) is 0 Å². The van der Waals surface area contributed by atoms with Gasteiger partial charge in [0.05, 0.1) is 6.10 Å². The summed E-state index contributed by atoms with van der Waals surface area (Å²) < 4.78 is 5.78. The van der Waals surface area contributed by atoms with Crippen molar-refractivity contribution in [3.63, 3.8) is 0 Å². The molecule has 0 spiro atoms. The van der Waals surface area contributed by atoms with Crippen molar-refractivity contribution in [2.24, 2.45) is 11.3 Å². The van der Waals surface area contributed by atoms with E-state index in [-0.39, 0.29) is 6.10 Å². The highest BCUT2D eigenvalue weighted by Crippen LogP contribution is 2.49. The fraction of sp³-hybridized carbons (Fsp3) is 0.562. The number of rotatable bonds is 4. The van der Waals surface area contributed by atoms with E-state index in [9.17, 15) is 9.90 Å². The Morgan fingerprint density at radius 1 is 1.47 bits per heavy atom. The second kappa shape index (κ2) is 4.64. The highest BCUT2D eigenvalue weighted by Gasteiger charge is 2.55. The maximum atomic E-state index is 11.9. The standard InChI is InChI=1S/C16H20O3/c1-11-3-2-4-12(9-11)10-16(15(17)18)7-8-19-14(16)13-5-6-13/h2-4,9,13-14H,5-8,10H2,1H3,(H,17,18). The van der Waals surface area contributed by atoms with E-state index < -0.39 is 11.4 Å². The molecule has 19 heavy (non-hydrogen) atoms. The van der Waals surface area contributed by atoms with Crippen molar-refractivity contribution >= 4 is 5.97 Å². The summed E-state index contributed by atoms with van der Waals surface area (Å²) in [5.74, 6) is -0.230. The Hall–Kier alpha value is -1.35. The highest BCUT2D eigenvalue weighted by molar-refractivity contribution is 5.76. The van der Waals surface area contributed by atoms with Crippen molar-refractivity contribution in [1.82, 2.24) is 0 Å². The lowest BCUT2D eigenvalue weighted by atomic mass is 9.74. The van der Waals surface area contributed by atoms with Gasteiger partial charge in [0.2, 0.25) is 0 Å². The number of aryl methyl sites for hydroxylation is 1. The summed E-state index contributed by atoms with van der Waals surface area (Å²) in [4.78, 5) is 11.9. The molecular formula is C16H20O3. The summed E-state index contributed by atoms with van der Waals surface area (Å²) >= 11 is 0. The first-order valence-electron chi connectivity index (χ1n) is 7.02. The van der Waals surface area contributed by atoms with Crippen molar-refractivity contribution in [1.29, 1.82) is 0 Å². The number of carboxylic acids is 1. The van der Waals surface area contributed by atoms with Crippen LogP contribution >= 0.6 is 0 Å². The van der Waals surface area contributed by atoms with Gasteiger partial charge in [-0.15, -0.1) is 0 Å². The monoisotopic (exact) mass is 260 g/mol. The van der Waals surface area contributed by atoms with Gasteiger partial charge in [-0.2, -0.15) is 0 Å². The first kappa shape index (κ1) is 12.7. The molecule has 1 aromatic carbocycles. The van der Waals surface area contributed by atoms with Gasteiger partial charge < -0.3 is 9.84 Å². The van der Waals surface area contributed by atoms with E-state index in [1.54, 1.807) is 0 Å². The lowest BCUT2D eigenvalue weighted by Gasteiger charge is -2.30. The van der Waals surface area contributed by atoms with E-state index in [2.05, 4.69) is 6.07 Å². The molecule has 0 amide bonds. The van der Waals surface area contributed by atoms with Gasteiger partial charge in [-0.3, -0.25) is 4.79 Å². The summed E-state index contributed by atoms with van der Waals surface area (Å²) in [6, 6.07) is 8.16. The number of hydrogen-bond acceptors (Lipinski definition) is 2. The Bertz CT molecular complexity index is 493. The molecule has 3 heteroatoms. The van der Waals surface area contributed by atoms with E-state index in [1.165, 1.54) is 5.56 Å². The zero-order valence-corrected chi connectivity index (χ0v) is 11.3. The van der Waals surface area contributed by atoms with Gasteiger partial charge in [-0.05, 0) is 44.1 Å². The number of aliphatic carboxylic acids is 1. The first-order chi connectivity index (χ1) is 9.12. The third-order valence-electron chi connectivity index (χ3n) is 4.47. The number of hydrogen-bond donors (Lipinski definition) is 1. The lowest BCUT2D eigenvalue weighted by molar-refractivity contribution is -0.153. The maximum absolute atomic E-state index is 11.9. The Kier molecular flexibility index (Phi) is 3.09. The van der Waals surface area contributed by atoms with Crippen LogP contribution in [-0.4, -0.2) is 23.8 Å². The average Bonchev–Trinajstić information content (AvgIpc) is 3.11. The van der Waals surface area contributed by atoms with Crippen LogP contribution in [-0.2, 0) is 16.0 Å². The number of carboxylic acid groups (broad SMARTS) is 1.